The summed E-state index contributed by atoms with van der Waals surface area (Å²) in [4.78, 5) is 0. The summed E-state index contributed by atoms with van der Waals surface area (Å²) in [5.74, 6) is -0.682. The molecule has 23 heavy (non-hydrogen) atoms. The van der Waals surface area contributed by atoms with Crippen molar-refractivity contribution in [3.8, 4) is 0 Å². The van der Waals surface area contributed by atoms with Crippen molar-refractivity contribution in [1.82, 2.24) is 0 Å². The van der Waals surface area contributed by atoms with Gasteiger partial charge in [-0.25, -0.2) is 13.2 Å². The van der Waals surface area contributed by atoms with Crippen LogP contribution in [0, 0.1) is 17.0 Å². The van der Waals surface area contributed by atoms with Gasteiger partial charge in [-0.1, -0.05) is 47.5 Å². The highest BCUT2D eigenvalue weighted by atomic mass is 35.5. The average molecular weight is 364 g/mol. The van der Waals surface area contributed by atoms with Gasteiger partial charge in [-0.3, -0.25) is 5.41 Å². The Morgan fingerprint density at radius 3 is 1.52 bits per heavy atom. The molecule has 124 valence electrons. The zero-order valence-corrected chi connectivity index (χ0v) is 13.6. The summed E-state index contributed by atoms with van der Waals surface area (Å²) in [5.41, 5.74) is 1.40. The van der Waals surface area contributed by atoms with Crippen LogP contribution in [-0.4, -0.2) is 11.0 Å². The van der Waals surface area contributed by atoms with Crippen molar-refractivity contribution < 1.29 is 17.9 Å². The lowest BCUT2D eigenvalue weighted by Gasteiger charge is -2.16. The molecule has 0 bridgehead atoms. The van der Waals surface area contributed by atoms with Crippen LogP contribution in [0.4, 0.5) is 13.2 Å². The third kappa shape index (κ3) is 7.90. The first-order valence-electron chi connectivity index (χ1n) is 6.43. The first-order valence-corrected chi connectivity index (χ1v) is 7.18. The molecular weight excluding hydrogens is 350 g/mol. The van der Waals surface area contributed by atoms with Crippen molar-refractivity contribution in [2.45, 2.75) is 17.6 Å². The van der Waals surface area contributed by atoms with Crippen LogP contribution in [-0.2, 0) is 4.74 Å². The summed E-state index contributed by atoms with van der Waals surface area (Å²) in [6, 6.07) is 11.6. The largest absolute Gasteiger partial charge is 0.471 e. The molecule has 0 radical (unpaired) electrons. The molecule has 0 saturated heterocycles. The molecule has 7 heteroatoms. The van der Waals surface area contributed by atoms with E-state index in [1.165, 1.54) is 24.3 Å². The molecule has 2 nitrogen and oxygen atoms in total. The summed E-state index contributed by atoms with van der Waals surface area (Å²) in [7, 11) is 0. The number of alkyl halides is 3. The molecule has 0 amide bonds. The number of benzene rings is 2. The summed E-state index contributed by atoms with van der Waals surface area (Å²) in [6.45, 7) is 1.05. The molecule has 0 unspecified atom stereocenters. The Hall–Kier alpha value is -1.72. The first-order chi connectivity index (χ1) is 10.7. The number of ether oxygens (including phenoxy) is 1. The summed E-state index contributed by atoms with van der Waals surface area (Å²) < 4.78 is 40.1. The van der Waals surface area contributed by atoms with E-state index in [1.807, 2.05) is 0 Å². The highest BCUT2D eigenvalue weighted by molar-refractivity contribution is 6.46. The van der Waals surface area contributed by atoms with Gasteiger partial charge in [0.15, 0.2) is 6.40 Å². The quantitative estimate of drug-likeness (QED) is 0.416. The maximum absolute atomic E-state index is 12.9. The molecule has 0 spiro atoms. The molecule has 1 N–H and O–H groups in total. The van der Waals surface area contributed by atoms with E-state index in [1.54, 1.807) is 24.3 Å². The fraction of sp³-hybridized carbons (Fsp3) is 0.188. The molecule has 2 aromatic rings. The van der Waals surface area contributed by atoms with Crippen LogP contribution in [0.1, 0.15) is 24.2 Å². The lowest BCUT2D eigenvalue weighted by atomic mass is 10.0. The van der Waals surface area contributed by atoms with Gasteiger partial charge in [0.25, 0.3) is 4.59 Å². The van der Waals surface area contributed by atoms with Gasteiger partial charge in [0.2, 0.25) is 0 Å². The van der Waals surface area contributed by atoms with Gasteiger partial charge in [-0.2, -0.15) is 0 Å². The Morgan fingerprint density at radius 2 is 1.26 bits per heavy atom. The van der Waals surface area contributed by atoms with Crippen molar-refractivity contribution in [2.24, 2.45) is 0 Å². The van der Waals surface area contributed by atoms with E-state index in [0.717, 1.165) is 13.3 Å². The van der Waals surface area contributed by atoms with E-state index >= 15 is 0 Å². The molecule has 0 fully saturated rings. The van der Waals surface area contributed by atoms with Gasteiger partial charge in [-0.15, -0.1) is 0 Å². The minimum Gasteiger partial charge on any atom is -0.471 e. The van der Waals surface area contributed by atoms with Crippen LogP contribution >= 0.6 is 23.2 Å². The zero-order chi connectivity index (χ0) is 17.5. The van der Waals surface area contributed by atoms with Crippen molar-refractivity contribution in [3.05, 3.63) is 71.3 Å². The lowest BCUT2D eigenvalue weighted by molar-refractivity contribution is 0.244. The van der Waals surface area contributed by atoms with E-state index in [9.17, 15) is 13.2 Å². The predicted molar refractivity (Wildman–Crippen MR) is 85.7 cm³/mol. The molecule has 0 heterocycles. The predicted octanol–water partition coefficient (Wildman–Crippen LogP) is 5.79. The second-order valence-corrected chi connectivity index (χ2v) is 6.13. The van der Waals surface area contributed by atoms with E-state index in [0.29, 0.717) is 11.1 Å². The maximum Gasteiger partial charge on any atom is 0.254 e. The van der Waals surface area contributed by atoms with Gasteiger partial charge in [0, 0.05) is 0 Å². The lowest BCUT2D eigenvalue weighted by Crippen LogP contribution is -2.05. The van der Waals surface area contributed by atoms with Crippen LogP contribution in [0.2, 0.25) is 0 Å². The minimum absolute atomic E-state index is 0.341. The number of nitrogens with one attached hydrogen (secondary N) is 1. The van der Waals surface area contributed by atoms with E-state index in [2.05, 4.69) is 23.2 Å². The maximum atomic E-state index is 12.9. The van der Waals surface area contributed by atoms with Gasteiger partial charge in [-0.05, 0) is 42.3 Å². The van der Waals surface area contributed by atoms with Crippen LogP contribution in [0.5, 0.6) is 0 Å². The van der Waals surface area contributed by atoms with Gasteiger partial charge < -0.3 is 4.74 Å². The summed E-state index contributed by atoms with van der Waals surface area (Å²) in [5, 5.41) is 7.02. The minimum atomic E-state index is -2.06. The normalized spacial score (nSPS) is 10.7. The van der Waals surface area contributed by atoms with Crippen molar-refractivity contribution >= 4 is 29.6 Å². The third-order valence-electron chi connectivity index (χ3n) is 2.55. The Labute approximate surface area is 142 Å². The number of hydrogen-bond acceptors (Lipinski definition) is 2. The summed E-state index contributed by atoms with van der Waals surface area (Å²) >= 11 is 9.26. The van der Waals surface area contributed by atoms with Crippen LogP contribution in [0.3, 0.4) is 0 Å². The molecule has 0 aliphatic heterocycles. The van der Waals surface area contributed by atoms with E-state index < -0.39 is 10.7 Å². The molecule has 0 atom stereocenters. The molecule has 0 aliphatic rings. The standard InChI is InChI=1S/C14H11F2NO.C2H3Cl2F/c15-12-5-1-10(2-6-12)14(18-9-17)11-3-7-13(16)8-4-11;1-2(3,4)5/h1-9,14,17H;1H3. The zero-order valence-electron chi connectivity index (χ0n) is 12.1. The highest BCUT2D eigenvalue weighted by Gasteiger charge is 2.14. The van der Waals surface area contributed by atoms with Crippen molar-refractivity contribution in [1.29, 1.82) is 5.41 Å². The van der Waals surface area contributed by atoms with Crippen LogP contribution in [0.15, 0.2) is 48.5 Å². The Morgan fingerprint density at radius 1 is 0.957 bits per heavy atom. The van der Waals surface area contributed by atoms with E-state index in [-0.39, 0.29) is 11.6 Å². The number of halogens is 5. The van der Waals surface area contributed by atoms with Gasteiger partial charge in [0.1, 0.15) is 17.7 Å². The Kier molecular flexibility index (Phi) is 7.39. The number of rotatable bonds is 4. The highest BCUT2D eigenvalue weighted by Crippen LogP contribution is 2.25. The molecule has 0 aliphatic carbocycles. The fourth-order valence-corrected chi connectivity index (χ4v) is 1.69. The second-order valence-electron chi connectivity index (χ2n) is 4.52. The molecule has 0 aromatic heterocycles. The molecule has 0 saturated carbocycles. The molecule has 2 aromatic carbocycles. The fourth-order valence-electron chi connectivity index (χ4n) is 1.69. The van der Waals surface area contributed by atoms with Crippen LogP contribution in [0.25, 0.3) is 0 Å². The Bertz CT molecular complexity index is 561. The van der Waals surface area contributed by atoms with Gasteiger partial charge >= 0.3 is 0 Å². The van der Waals surface area contributed by atoms with Crippen molar-refractivity contribution in [3.63, 3.8) is 0 Å². The third-order valence-corrected chi connectivity index (χ3v) is 2.55. The second kappa shape index (κ2) is 8.79. The monoisotopic (exact) mass is 363 g/mol. The first kappa shape index (κ1) is 19.3. The topological polar surface area (TPSA) is 33.1 Å². The van der Waals surface area contributed by atoms with Gasteiger partial charge in [0.05, 0.1) is 0 Å². The van der Waals surface area contributed by atoms with Crippen molar-refractivity contribution in [2.75, 3.05) is 0 Å². The SMILES string of the molecule is CC(F)(Cl)Cl.N=COC(c1ccc(F)cc1)c1ccc(F)cc1. The summed E-state index contributed by atoms with van der Waals surface area (Å²) in [6.07, 6.45) is 0.279. The van der Waals surface area contributed by atoms with Crippen LogP contribution < -0.4 is 0 Å². The smallest absolute Gasteiger partial charge is 0.254 e. The van der Waals surface area contributed by atoms with E-state index in [4.69, 9.17) is 10.1 Å². The molecule has 2 rings (SSSR count). The number of hydrogen-bond donors (Lipinski definition) is 1. The Balaban J connectivity index is 0.000000463. The molecular formula is C16H14Cl2F3NO. The average Bonchev–Trinajstić information content (AvgIpc) is 2.45.